The Hall–Kier alpha value is -0.560. The van der Waals surface area contributed by atoms with Crippen LogP contribution in [0.15, 0.2) is 14.5 Å². The Kier molecular flexibility index (Phi) is 6.99. The maximum Gasteiger partial charge on any atom is 0.247 e. The van der Waals surface area contributed by atoms with Crippen LogP contribution in [-0.4, -0.2) is 55.6 Å². The molecule has 25 heavy (non-hydrogen) atoms. The van der Waals surface area contributed by atoms with Gasteiger partial charge in [0.25, 0.3) is 0 Å². The number of fused-ring (bicyclic) bond motifs is 1. The standard InChI is InChI=1S/C14H24N2O6S3/c1-3-4-16-12-7-10(9-22-6-5-21-2)24(17,18)14-11(12)8-13(23-14)25(15,19)20/h8,10,12,16H,3-7,9H2,1-2H3,(H2,15,19,20). The van der Waals surface area contributed by atoms with Crippen LogP contribution in [-0.2, 0) is 29.3 Å². The molecule has 1 aromatic rings. The zero-order valence-corrected chi connectivity index (χ0v) is 16.7. The van der Waals surface area contributed by atoms with Crippen LogP contribution in [0.4, 0.5) is 0 Å². The molecule has 0 spiro atoms. The third kappa shape index (κ3) is 4.79. The highest BCUT2D eigenvalue weighted by Crippen LogP contribution is 2.42. The van der Waals surface area contributed by atoms with Crippen molar-refractivity contribution in [3.63, 3.8) is 0 Å². The van der Waals surface area contributed by atoms with Crippen molar-refractivity contribution in [3.8, 4) is 0 Å². The molecule has 0 aromatic carbocycles. The van der Waals surface area contributed by atoms with Gasteiger partial charge in [-0.3, -0.25) is 0 Å². The zero-order valence-electron chi connectivity index (χ0n) is 14.2. The Bertz CT molecular complexity index is 787. The molecule has 11 heteroatoms. The van der Waals surface area contributed by atoms with Gasteiger partial charge in [-0.15, -0.1) is 11.3 Å². The van der Waals surface area contributed by atoms with Gasteiger partial charge in [0.05, 0.1) is 25.1 Å². The molecule has 0 amide bonds. The van der Waals surface area contributed by atoms with E-state index >= 15 is 0 Å². The Balaban J connectivity index is 2.35. The van der Waals surface area contributed by atoms with Gasteiger partial charge in [0, 0.05) is 18.7 Å². The number of hydrogen-bond donors (Lipinski definition) is 2. The fraction of sp³-hybridized carbons (Fsp3) is 0.714. The minimum absolute atomic E-state index is 0.0397. The van der Waals surface area contributed by atoms with Gasteiger partial charge in [0.1, 0.15) is 8.42 Å². The molecule has 1 aliphatic heterocycles. The third-order valence-electron chi connectivity index (χ3n) is 3.93. The first-order valence-corrected chi connectivity index (χ1v) is 11.8. The van der Waals surface area contributed by atoms with Crippen molar-refractivity contribution >= 4 is 31.2 Å². The van der Waals surface area contributed by atoms with E-state index in [1.165, 1.54) is 13.2 Å². The van der Waals surface area contributed by atoms with E-state index in [-0.39, 0.29) is 21.1 Å². The third-order valence-corrected chi connectivity index (χ3v) is 9.20. The smallest absolute Gasteiger partial charge is 0.247 e. The van der Waals surface area contributed by atoms with Crippen LogP contribution in [0.5, 0.6) is 0 Å². The normalized spacial score (nSPS) is 22.7. The van der Waals surface area contributed by atoms with E-state index in [0.717, 1.165) is 6.42 Å². The van der Waals surface area contributed by atoms with Crippen LogP contribution in [0.2, 0.25) is 0 Å². The molecule has 1 aliphatic rings. The molecule has 0 saturated heterocycles. The van der Waals surface area contributed by atoms with Gasteiger partial charge in [-0.25, -0.2) is 22.0 Å². The fourth-order valence-corrected chi connectivity index (χ4v) is 7.21. The van der Waals surface area contributed by atoms with E-state index in [9.17, 15) is 16.8 Å². The molecule has 0 bridgehead atoms. The summed E-state index contributed by atoms with van der Waals surface area (Å²) in [7, 11) is -6.09. The predicted molar refractivity (Wildman–Crippen MR) is 95.0 cm³/mol. The summed E-state index contributed by atoms with van der Waals surface area (Å²) in [6.45, 7) is 3.42. The molecule has 2 heterocycles. The molecule has 8 nitrogen and oxygen atoms in total. The number of nitrogens with two attached hydrogens (primary N) is 1. The molecule has 2 atom stereocenters. The Morgan fingerprint density at radius 1 is 1.40 bits per heavy atom. The number of rotatable bonds is 9. The molecule has 3 N–H and O–H groups in total. The number of hydrogen-bond acceptors (Lipinski definition) is 8. The zero-order chi connectivity index (χ0) is 18.7. The molecule has 0 fully saturated rings. The highest BCUT2D eigenvalue weighted by atomic mass is 32.3. The summed E-state index contributed by atoms with van der Waals surface area (Å²) in [4.78, 5) is 0. The lowest BCUT2D eigenvalue weighted by Gasteiger charge is -2.29. The van der Waals surface area contributed by atoms with Crippen molar-refractivity contribution in [2.75, 3.05) is 33.5 Å². The Morgan fingerprint density at radius 2 is 2.12 bits per heavy atom. The summed E-state index contributed by atoms with van der Waals surface area (Å²) in [6.07, 6.45) is 1.20. The van der Waals surface area contributed by atoms with Crippen molar-refractivity contribution < 1.29 is 26.3 Å². The maximum atomic E-state index is 12.9. The molecule has 2 unspecified atom stereocenters. The first-order valence-electron chi connectivity index (χ1n) is 7.92. The molecular formula is C14H24N2O6S3. The first kappa shape index (κ1) is 20.7. The Labute approximate surface area is 152 Å². The van der Waals surface area contributed by atoms with E-state index in [1.807, 2.05) is 6.92 Å². The van der Waals surface area contributed by atoms with E-state index in [0.29, 0.717) is 43.1 Å². The van der Waals surface area contributed by atoms with Crippen molar-refractivity contribution in [2.24, 2.45) is 5.14 Å². The number of primary sulfonamides is 1. The van der Waals surface area contributed by atoms with Crippen molar-refractivity contribution in [2.45, 2.75) is 39.5 Å². The second-order valence-corrected chi connectivity index (χ2v) is 11.1. The van der Waals surface area contributed by atoms with Crippen LogP contribution >= 0.6 is 11.3 Å². The van der Waals surface area contributed by atoms with Crippen molar-refractivity contribution in [1.29, 1.82) is 0 Å². The number of nitrogens with one attached hydrogen (secondary N) is 1. The largest absolute Gasteiger partial charge is 0.382 e. The second kappa shape index (κ2) is 8.42. The average molecular weight is 413 g/mol. The summed E-state index contributed by atoms with van der Waals surface area (Å²) in [6, 6.07) is 1.13. The van der Waals surface area contributed by atoms with E-state index < -0.39 is 25.1 Å². The maximum absolute atomic E-state index is 12.9. The van der Waals surface area contributed by atoms with Crippen molar-refractivity contribution in [1.82, 2.24) is 5.32 Å². The van der Waals surface area contributed by atoms with Crippen LogP contribution in [0.1, 0.15) is 31.4 Å². The summed E-state index contributed by atoms with van der Waals surface area (Å²) < 4.78 is 59.3. The van der Waals surface area contributed by atoms with E-state index in [1.54, 1.807) is 0 Å². The predicted octanol–water partition coefficient (Wildman–Crippen LogP) is 0.645. The number of thiophene rings is 1. The van der Waals surface area contributed by atoms with Gasteiger partial charge in [0.15, 0.2) is 9.84 Å². The van der Waals surface area contributed by atoms with Crippen LogP contribution in [0.3, 0.4) is 0 Å². The van der Waals surface area contributed by atoms with Gasteiger partial charge in [-0.05, 0) is 25.5 Å². The minimum Gasteiger partial charge on any atom is -0.382 e. The quantitative estimate of drug-likeness (QED) is 0.570. The number of ether oxygens (including phenoxy) is 2. The molecule has 0 aliphatic carbocycles. The van der Waals surface area contributed by atoms with Gasteiger partial charge in [-0.2, -0.15) is 0 Å². The molecule has 1 aromatic heterocycles. The molecule has 144 valence electrons. The highest BCUT2D eigenvalue weighted by molar-refractivity contribution is 7.95. The first-order chi connectivity index (χ1) is 11.7. The van der Waals surface area contributed by atoms with Gasteiger partial charge in [-0.1, -0.05) is 6.92 Å². The summed E-state index contributed by atoms with van der Waals surface area (Å²) >= 11 is 0.713. The second-order valence-electron chi connectivity index (χ2n) is 5.83. The summed E-state index contributed by atoms with van der Waals surface area (Å²) in [5, 5.41) is 7.73. The number of sulfone groups is 1. The summed E-state index contributed by atoms with van der Waals surface area (Å²) in [5.74, 6) is 0. The topological polar surface area (TPSA) is 125 Å². The number of methoxy groups -OCH3 is 1. The highest BCUT2D eigenvalue weighted by Gasteiger charge is 2.41. The molecule has 0 radical (unpaired) electrons. The van der Waals surface area contributed by atoms with Crippen molar-refractivity contribution in [3.05, 3.63) is 11.6 Å². The fourth-order valence-electron chi connectivity index (χ4n) is 2.67. The van der Waals surface area contributed by atoms with Crippen LogP contribution in [0.25, 0.3) is 0 Å². The Morgan fingerprint density at radius 3 is 2.72 bits per heavy atom. The van der Waals surface area contributed by atoms with Crippen LogP contribution in [0, 0.1) is 0 Å². The minimum atomic E-state index is -3.95. The molecular weight excluding hydrogens is 388 g/mol. The lowest BCUT2D eigenvalue weighted by atomic mass is 10.0. The monoisotopic (exact) mass is 412 g/mol. The van der Waals surface area contributed by atoms with Gasteiger partial charge in [0.2, 0.25) is 10.0 Å². The summed E-state index contributed by atoms with van der Waals surface area (Å²) in [5.41, 5.74) is 0.482. The average Bonchev–Trinajstić information content (AvgIpc) is 2.99. The van der Waals surface area contributed by atoms with E-state index in [2.05, 4.69) is 5.32 Å². The lowest BCUT2D eigenvalue weighted by Crippen LogP contribution is -2.38. The van der Waals surface area contributed by atoms with Gasteiger partial charge < -0.3 is 14.8 Å². The van der Waals surface area contributed by atoms with Gasteiger partial charge >= 0.3 is 0 Å². The lowest BCUT2D eigenvalue weighted by molar-refractivity contribution is 0.0685. The van der Waals surface area contributed by atoms with Crippen LogP contribution < -0.4 is 10.5 Å². The number of sulfonamides is 1. The van der Waals surface area contributed by atoms with E-state index in [4.69, 9.17) is 14.6 Å². The molecule has 2 rings (SSSR count). The SMILES string of the molecule is CCCNC1CC(COCCOC)S(=O)(=O)c2sc(S(N)(=O)=O)cc21. The molecule has 0 saturated carbocycles.